The molecule has 9 nitrogen and oxygen atoms in total. The number of carbonyl (C=O) groups is 2. The summed E-state index contributed by atoms with van der Waals surface area (Å²) in [6.45, 7) is 5.52. The molecule has 0 spiro atoms. The summed E-state index contributed by atoms with van der Waals surface area (Å²) in [6, 6.07) is 3.28. The molecule has 1 aromatic rings. The number of epoxide rings is 1. The van der Waals surface area contributed by atoms with Crippen molar-refractivity contribution < 1.29 is 34.4 Å². The maximum atomic E-state index is 12.2. The molecule has 2 aliphatic heterocycles. The van der Waals surface area contributed by atoms with E-state index in [9.17, 15) is 24.9 Å². The predicted octanol–water partition coefficient (Wildman–Crippen LogP) is 0.628. The largest absolute Gasteiger partial charge is 0.393 e. The quantitative estimate of drug-likeness (QED) is 0.225. The van der Waals surface area contributed by atoms with Gasteiger partial charge in [-0.15, -0.1) is 0 Å². The lowest BCUT2D eigenvalue weighted by Gasteiger charge is -2.38. The third-order valence-corrected chi connectivity index (χ3v) is 6.48. The van der Waals surface area contributed by atoms with Crippen LogP contribution in [-0.2, 0) is 14.3 Å². The van der Waals surface area contributed by atoms with Gasteiger partial charge in [-0.25, -0.2) is 0 Å². The molecular weight excluding hydrogens is 428 g/mol. The summed E-state index contributed by atoms with van der Waals surface area (Å²) in [5.74, 6) is -0.920. The van der Waals surface area contributed by atoms with Crippen LogP contribution in [0.5, 0.6) is 0 Å². The summed E-state index contributed by atoms with van der Waals surface area (Å²) in [6.07, 6.45) is 1.95. The zero-order chi connectivity index (χ0) is 24.1. The van der Waals surface area contributed by atoms with E-state index >= 15 is 0 Å². The summed E-state index contributed by atoms with van der Waals surface area (Å²) in [7, 11) is 0. The molecule has 0 aliphatic carbocycles. The first-order valence-corrected chi connectivity index (χ1v) is 11.4. The molecule has 0 saturated carbocycles. The van der Waals surface area contributed by atoms with Crippen molar-refractivity contribution in [2.45, 2.75) is 70.2 Å². The molecule has 1 amide bonds. The maximum absolute atomic E-state index is 12.2. The second-order valence-electron chi connectivity index (χ2n) is 9.17. The monoisotopic (exact) mass is 462 g/mol. The lowest BCUT2D eigenvalue weighted by atomic mass is 9.85. The number of hydrogen-bond acceptors (Lipinski definition) is 8. The van der Waals surface area contributed by atoms with Gasteiger partial charge >= 0.3 is 0 Å². The van der Waals surface area contributed by atoms with Gasteiger partial charge in [0.2, 0.25) is 5.91 Å². The van der Waals surface area contributed by atoms with Crippen LogP contribution in [0.3, 0.4) is 0 Å². The minimum Gasteiger partial charge on any atom is -0.393 e. The van der Waals surface area contributed by atoms with E-state index in [0.29, 0.717) is 17.6 Å². The van der Waals surface area contributed by atoms with E-state index in [1.807, 2.05) is 6.92 Å². The highest BCUT2D eigenvalue weighted by molar-refractivity contribution is 6.00. The van der Waals surface area contributed by atoms with E-state index in [1.54, 1.807) is 32.2 Å². The molecule has 0 bridgehead atoms. The average molecular weight is 463 g/mol. The Morgan fingerprint density at radius 3 is 2.70 bits per heavy atom. The molecule has 3 heterocycles. The predicted molar refractivity (Wildman–Crippen MR) is 119 cm³/mol. The van der Waals surface area contributed by atoms with E-state index in [4.69, 9.17) is 9.47 Å². The van der Waals surface area contributed by atoms with Crippen LogP contribution in [0.25, 0.3) is 0 Å². The zero-order valence-electron chi connectivity index (χ0n) is 19.3. The number of aliphatic hydroxyl groups excluding tert-OH is 3. The highest BCUT2D eigenvalue weighted by Crippen LogP contribution is 2.38. The van der Waals surface area contributed by atoms with Gasteiger partial charge in [0.05, 0.1) is 43.7 Å². The van der Waals surface area contributed by atoms with Gasteiger partial charge in [0.15, 0.2) is 5.78 Å². The van der Waals surface area contributed by atoms with Gasteiger partial charge in [0.1, 0.15) is 6.10 Å². The third kappa shape index (κ3) is 6.91. The number of Topliss-reactive ketones (excluding diaryl/α,β-unsaturated/α-hetero) is 1. The van der Waals surface area contributed by atoms with Gasteiger partial charge in [0, 0.05) is 35.9 Å². The Hall–Kier alpha value is -2.17. The van der Waals surface area contributed by atoms with Crippen molar-refractivity contribution in [2.24, 2.45) is 11.8 Å². The Morgan fingerprint density at radius 1 is 1.27 bits per heavy atom. The van der Waals surface area contributed by atoms with Gasteiger partial charge in [-0.3, -0.25) is 14.6 Å². The molecule has 2 aliphatic rings. The van der Waals surface area contributed by atoms with Crippen LogP contribution in [0.1, 0.15) is 44.0 Å². The molecule has 0 unspecified atom stereocenters. The van der Waals surface area contributed by atoms with Crippen molar-refractivity contribution in [1.29, 1.82) is 0 Å². The van der Waals surface area contributed by atoms with Crippen molar-refractivity contribution in [3.05, 3.63) is 41.7 Å². The van der Waals surface area contributed by atoms with Crippen molar-refractivity contribution in [3.63, 3.8) is 0 Å². The second-order valence-corrected chi connectivity index (χ2v) is 9.17. The second kappa shape index (κ2) is 11.3. The number of aromatic nitrogens is 1. The molecular formula is C24H34N2O7. The lowest BCUT2D eigenvalue weighted by Crippen LogP contribution is -2.50. The van der Waals surface area contributed by atoms with Gasteiger partial charge in [-0.05, 0) is 38.8 Å². The van der Waals surface area contributed by atoms with Crippen molar-refractivity contribution in [3.8, 4) is 0 Å². The summed E-state index contributed by atoms with van der Waals surface area (Å²) in [5.41, 5.74) is 1.08. The summed E-state index contributed by atoms with van der Waals surface area (Å²) < 4.78 is 11.4. The normalized spacial score (nSPS) is 31.5. The summed E-state index contributed by atoms with van der Waals surface area (Å²) >= 11 is 0. The number of amides is 1. The van der Waals surface area contributed by atoms with Crippen LogP contribution in [0.15, 0.2) is 36.2 Å². The lowest BCUT2D eigenvalue weighted by molar-refractivity contribution is -0.165. The Kier molecular flexibility index (Phi) is 8.72. The highest BCUT2D eigenvalue weighted by atomic mass is 16.6. The Labute approximate surface area is 193 Å². The van der Waals surface area contributed by atoms with Gasteiger partial charge in [-0.1, -0.05) is 12.5 Å². The zero-order valence-corrected chi connectivity index (χ0v) is 19.3. The van der Waals surface area contributed by atoms with Crippen molar-refractivity contribution >= 4 is 11.7 Å². The number of nitrogens with zero attached hydrogens (tertiary/aromatic N) is 1. The fourth-order valence-corrected chi connectivity index (χ4v) is 4.16. The number of ketones is 1. The third-order valence-electron chi connectivity index (χ3n) is 6.48. The maximum Gasteiger partial charge on any atom is 0.244 e. The molecule has 0 aromatic carbocycles. The Balaban J connectivity index is 1.43. The van der Waals surface area contributed by atoms with Gasteiger partial charge in [0.25, 0.3) is 0 Å². The molecule has 4 N–H and O–H groups in total. The van der Waals surface area contributed by atoms with Crippen molar-refractivity contribution in [1.82, 2.24) is 10.3 Å². The number of nitrogens with one attached hydrogen (secondary N) is 1. The van der Waals surface area contributed by atoms with E-state index in [1.165, 1.54) is 12.3 Å². The minimum absolute atomic E-state index is 0.00732. The number of rotatable bonds is 10. The average Bonchev–Trinajstić information content (AvgIpc) is 3.56. The summed E-state index contributed by atoms with van der Waals surface area (Å²) in [5, 5.41) is 33.4. The van der Waals surface area contributed by atoms with E-state index in [0.717, 1.165) is 0 Å². The van der Waals surface area contributed by atoms with Gasteiger partial charge in [-0.2, -0.15) is 0 Å². The number of hydrogen-bond donors (Lipinski definition) is 4. The fourth-order valence-electron chi connectivity index (χ4n) is 4.16. The fraction of sp³-hybridized carbons (Fsp3) is 0.625. The number of pyridine rings is 1. The van der Waals surface area contributed by atoms with E-state index < -0.39 is 30.3 Å². The first-order valence-electron chi connectivity index (χ1n) is 11.4. The van der Waals surface area contributed by atoms with E-state index in [2.05, 4.69) is 10.3 Å². The van der Waals surface area contributed by atoms with Crippen molar-refractivity contribution in [2.75, 3.05) is 13.2 Å². The number of aliphatic hydroxyl groups is 3. The van der Waals surface area contributed by atoms with Crippen LogP contribution in [-0.4, -0.2) is 81.8 Å². The molecule has 33 heavy (non-hydrogen) atoms. The Bertz CT molecular complexity index is 844. The number of carbonyl (C=O) groups excluding carboxylic acids is 2. The van der Waals surface area contributed by atoms with Crippen LogP contribution in [0.4, 0.5) is 0 Å². The van der Waals surface area contributed by atoms with Crippen LogP contribution >= 0.6 is 0 Å². The summed E-state index contributed by atoms with van der Waals surface area (Å²) in [4.78, 5) is 28.1. The van der Waals surface area contributed by atoms with Crippen LogP contribution in [0.2, 0.25) is 0 Å². The molecule has 2 fully saturated rings. The molecule has 9 heteroatoms. The highest BCUT2D eigenvalue weighted by Gasteiger charge is 2.48. The molecule has 182 valence electrons. The minimum atomic E-state index is -1.09. The topological polar surface area (TPSA) is 142 Å². The number of ether oxygens (including phenoxy) is 2. The first kappa shape index (κ1) is 25.5. The molecule has 1 aromatic heterocycles. The Morgan fingerprint density at radius 2 is 2.03 bits per heavy atom. The van der Waals surface area contributed by atoms with E-state index in [-0.39, 0.29) is 49.4 Å². The molecule has 2 saturated heterocycles. The van der Waals surface area contributed by atoms with Crippen LogP contribution in [0, 0.1) is 11.8 Å². The standard InChI is InChI=1S/C24H34N2O7/c1-13(8-21(29)26-11-18(28)16-5-4-6-25-10-16)7-19-23(31)22(30)17(12-32-19)9-20-24(33-20)14(2)15(3)27/h4-6,8,10,14-15,17,19-20,22-24,27,30-31H,7,9,11-12H2,1-3H3,(H,26,29)/b13-8+/t14-,15-,17-,19-,20-,22+,23-,24-/m0/s1. The van der Waals surface area contributed by atoms with Crippen LogP contribution < -0.4 is 5.32 Å². The molecule has 8 atom stereocenters. The van der Waals surface area contributed by atoms with Gasteiger partial charge < -0.3 is 30.1 Å². The first-order chi connectivity index (χ1) is 15.7. The molecule has 3 rings (SSSR count). The SMILES string of the molecule is C/C(=C\C(=O)NCC(=O)c1cccnc1)C[C@@H]1OC[C@H](C[C@@H]2O[C@H]2[C@@H](C)[C@H](C)O)[C@@H](O)[C@H]1O. The smallest absolute Gasteiger partial charge is 0.244 e. The molecule has 0 radical (unpaired) electrons.